The van der Waals surface area contributed by atoms with Gasteiger partial charge >= 0.3 is 5.97 Å². The largest absolute Gasteiger partial charge is 0.488 e. The molecule has 0 amide bonds. The lowest BCUT2D eigenvalue weighted by Crippen LogP contribution is -2.03. The number of hydrogen-bond acceptors (Lipinski definition) is 5. The Morgan fingerprint density at radius 3 is 3.05 bits per heavy atom. The molecule has 0 atom stereocenters. The average Bonchev–Trinajstić information content (AvgIpc) is 2.96. The molecule has 22 heavy (non-hydrogen) atoms. The summed E-state index contributed by atoms with van der Waals surface area (Å²) in [6.45, 7) is 0.430. The number of methoxy groups -OCH3 is 1. The molecule has 1 aliphatic rings. The van der Waals surface area contributed by atoms with Gasteiger partial charge in [0.25, 0.3) is 0 Å². The van der Waals surface area contributed by atoms with Gasteiger partial charge in [0.1, 0.15) is 12.4 Å². The number of fused-ring (bicyclic) bond motifs is 2. The molecule has 0 radical (unpaired) electrons. The second-order valence-corrected chi connectivity index (χ2v) is 6.07. The van der Waals surface area contributed by atoms with Gasteiger partial charge in [0.2, 0.25) is 5.78 Å². The minimum Gasteiger partial charge on any atom is -0.488 e. The molecule has 0 bridgehead atoms. The molecule has 2 heterocycles. The van der Waals surface area contributed by atoms with Crippen molar-refractivity contribution in [3.8, 4) is 5.75 Å². The molecule has 0 N–H and O–H groups in total. The lowest BCUT2D eigenvalue weighted by Gasteiger charge is -2.08. The molecular weight excluding hydrogens is 300 g/mol. The summed E-state index contributed by atoms with van der Waals surface area (Å²) in [6, 6.07) is 7.60. The third kappa shape index (κ3) is 2.90. The van der Waals surface area contributed by atoms with E-state index in [0.717, 1.165) is 22.4 Å². The van der Waals surface area contributed by atoms with Crippen molar-refractivity contribution in [3.63, 3.8) is 0 Å². The molecule has 3 rings (SSSR count). The second-order valence-electron chi connectivity index (χ2n) is 5.15. The van der Waals surface area contributed by atoms with Crippen LogP contribution in [0.1, 0.15) is 39.2 Å². The number of ether oxygens (including phenoxy) is 2. The van der Waals surface area contributed by atoms with Gasteiger partial charge in [-0.05, 0) is 42.0 Å². The molecule has 0 fully saturated rings. The van der Waals surface area contributed by atoms with Gasteiger partial charge in [0.05, 0.1) is 17.6 Å². The van der Waals surface area contributed by atoms with Crippen molar-refractivity contribution in [2.45, 2.75) is 25.9 Å². The molecular formula is C17H16O4S. The number of carbonyl (C=O) groups is 2. The van der Waals surface area contributed by atoms with E-state index < -0.39 is 0 Å². The maximum Gasteiger partial charge on any atom is 0.305 e. The van der Waals surface area contributed by atoms with Crippen LogP contribution in [0.4, 0.5) is 0 Å². The Morgan fingerprint density at radius 2 is 2.23 bits per heavy atom. The smallest absolute Gasteiger partial charge is 0.305 e. The van der Waals surface area contributed by atoms with E-state index in [1.807, 2.05) is 29.6 Å². The number of benzene rings is 1. The predicted octanol–water partition coefficient (Wildman–Crippen LogP) is 3.37. The summed E-state index contributed by atoms with van der Waals surface area (Å²) in [7, 11) is 1.39. The van der Waals surface area contributed by atoms with Crippen molar-refractivity contribution in [3.05, 3.63) is 51.2 Å². The van der Waals surface area contributed by atoms with Crippen LogP contribution in [-0.2, 0) is 22.6 Å². The van der Waals surface area contributed by atoms with Gasteiger partial charge in [0, 0.05) is 12.0 Å². The van der Waals surface area contributed by atoms with E-state index >= 15 is 0 Å². The highest BCUT2D eigenvalue weighted by atomic mass is 32.1. The Labute approximate surface area is 132 Å². The summed E-state index contributed by atoms with van der Waals surface area (Å²) in [6.07, 6.45) is 1.81. The monoisotopic (exact) mass is 316 g/mol. The van der Waals surface area contributed by atoms with Gasteiger partial charge in [-0.25, -0.2) is 0 Å². The average molecular weight is 316 g/mol. The molecule has 0 saturated carbocycles. The van der Waals surface area contributed by atoms with Crippen molar-refractivity contribution in [2.24, 2.45) is 0 Å². The van der Waals surface area contributed by atoms with E-state index in [4.69, 9.17) is 4.74 Å². The number of aryl methyl sites for hydroxylation is 1. The van der Waals surface area contributed by atoms with Gasteiger partial charge in [0.15, 0.2) is 0 Å². The van der Waals surface area contributed by atoms with Crippen LogP contribution in [0.5, 0.6) is 5.75 Å². The van der Waals surface area contributed by atoms with Crippen molar-refractivity contribution < 1.29 is 19.1 Å². The van der Waals surface area contributed by atoms with Crippen molar-refractivity contribution in [1.82, 2.24) is 0 Å². The zero-order chi connectivity index (χ0) is 15.5. The molecule has 2 aromatic rings. The molecule has 1 aromatic heterocycles. The number of thiophene rings is 1. The summed E-state index contributed by atoms with van der Waals surface area (Å²) in [5.74, 6) is 0.440. The van der Waals surface area contributed by atoms with Gasteiger partial charge < -0.3 is 9.47 Å². The highest BCUT2D eigenvalue weighted by molar-refractivity contribution is 7.12. The fraction of sp³-hybridized carbons (Fsp3) is 0.294. The van der Waals surface area contributed by atoms with Crippen molar-refractivity contribution in [1.29, 1.82) is 0 Å². The summed E-state index contributed by atoms with van der Waals surface area (Å²) in [4.78, 5) is 24.5. The highest BCUT2D eigenvalue weighted by Crippen LogP contribution is 2.32. The minimum absolute atomic E-state index is 0.0207. The number of carbonyl (C=O) groups excluding carboxylic acids is 2. The summed E-state index contributed by atoms with van der Waals surface area (Å²) < 4.78 is 10.4. The van der Waals surface area contributed by atoms with E-state index in [9.17, 15) is 9.59 Å². The molecule has 1 aliphatic heterocycles. The zero-order valence-corrected chi connectivity index (χ0v) is 13.1. The Bertz CT molecular complexity index is 717. The molecule has 0 aliphatic carbocycles. The Morgan fingerprint density at radius 1 is 1.36 bits per heavy atom. The van der Waals surface area contributed by atoms with Crippen LogP contribution in [0.3, 0.4) is 0 Å². The van der Waals surface area contributed by atoms with Gasteiger partial charge in [-0.1, -0.05) is 6.07 Å². The Balaban J connectivity index is 1.80. The SMILES string of the molecule is COC(=O)CCCc1ccc2c(c1)C(=O)c1sccc1CO2. The fourth-order valence-electron chi connectivity index (χ4n) is 2.50. The molecule has 4 nitrogen and oxygen atoms in total. The van der Waals surface area contributed by atoms with Crippen LogP contribution in [0.15, 0.2) is 29.6 Å². The molecule has 1 aromatic carbocycles. The molecule has 114 valence electrons. The number of hydrogen-bond donors (Lipinski definition) is 0. The van der Waals surface area contributed by atoms with Crippen molar-refractivity contribution in [2.75, 3.05) is 7.11 Å². The summed E-state index contributed by atoms with van der Waals surface area (Å²) in [5.41, 5.74) is 2.58. The first-order valence-electron chi connectivity index (χ1n) is 7.12. The van der Waals surface area contributed by atoms with E-state index in [2.05, 4.69) is 4.74 Å². The zero-order valence-electron chi connectivity index (χ0n) is 12.3. The maximum atomic E-state index is 12.6. The molecule has 0 saturated heterocycles. The third-order valence-corrected chi connectivity index (χ3v) is 4.65. The van der Waals surface area contributed by atoms with Crippen LogP contribution in [0.2, 0.25) is 0 Å². The van der Waals surface area contributed by atoms with Crippen LogP contribution in [0, 0.1) is 0 Å². The second kappa shape index (κ2) is 6.32. The first-order valence-corrected chi connectivity index (χ1v) is 8.00. The lowest BCUT2D eigenvalue weighted by molar-refractivity contribution is -0.140. The first-order chi connectivity index (χ1) is 10.7. The number of esters is 1. The third-order valence-electron chi connectivity index (χ3n) is 3.70. The van der Waals surface area contributed by atoms with Gasteiger partial charge in [-0.2, -0.15) is 0 Å². The van der Waals surface area contributed by atoms with Crippen LogP contribution in [0.25, 0.3) is 0 Å². The lowest BCUT2D eigenvalue weighted by atomic mass is 10.0. The Kier molecular flexibility index (Phi) is 4.24. The minimum atomic E-state index is -0.211. The van der Waals surface area contributed by atoms with E-state index in [-0.39, 0.29) is 11.8 Å². The van der Waals surface area contributed by atoms with E-state index in [1.54, 1.807) is 0 Å². The quantitative estimate of drug-likeness (QED) is 0.812. The summed E-state index contributed by atoms with van der Waals surface area (Å²) in [5, 5.41) is 1.91. The Hall–Kier alpha value is -2.14. The molecule has 0 unspecified atom stereocenters. The molecule has 0 spiro atoms. The summed E-state index contributed by atoms with van der Waals surface area (Å²) >= 11 is 1.45. The van der Waals surface area contributed by atoms with Crippen LogP contribution < -0.4 is 4.74 Å². The van der Waals surface area contributed by atoms with E-state index in [0.29, 0.717) is 30.8 Å². The highest BCUT2D eigenvalue weighted by Gasteiger charge is 2.23. The standard InChI is InChI=1S/C17H16O4S/c1-20-15(18)4-2-3-11-5-6-14-13(9-11)16(19)17-12(10-21-14)7-8-22-17/h5-9H,2-4,10H2,1H3. The van der Waals surface area contributed by atoms with Crippen LogP contribution in [-0.4, -0.2) is 18.9 Å². The topological polar surface area (TPSA) is 52.6 Å². The van der Waals surface area contributed by atoms with E-state index in [1.165, 1.54) is 18.4 Å². The predicted molar refractivity (Wildman–Crippen MR) is 83.5 cm³/mol. The van der Waals surface area contributed by atoms with Crippen LogP contribution >= 0.6 is 11.3 Å². The van der Waals surface area contributed by atoms with Gasteiger partial charge in [-0.3, -0.25) is 9.59 Å². The maximum absolute atomic E-state index is 12.6. The van der Waals surface area contributed by atoms with Crippen molar-refractivity contribution >= 4 is 23.1 Å². The fourth-order valence-corrected chi connectivity index (χ4v) is 3.36. The normalized spacial score (nSPS) is 12.9. The molecule has 5 heteroatoms. The number of rotatable bonds is 4. The van der Waals surface area contributed by atoms with Gasteiger partial charge in [-0.15, -0.1) is 11.3 Å². The number of ketones is 1. The first kappa shape index (κ1) is 14.8.